The van der Waals surface area contributed by atoms with E-state index in [2.05, 4.69) is 0 Å². The van der Waals surface area contributed by atoms with Gasteiger partial charge in [-0.1, -0.05) is 17.7 Å². The van der Waals surface area contributed by atoms with Gasteiger partial charge >= 0.3 is 11.9 Å². The van der Waals surface area contributed by atoms with E-state index in [1.165, 1.54) is 20.3 Å². The molecule has 7 heteroatoms. The van der Waals surface area contributed by atoms with Crippen LogP contribution in [-0.4, -0.2) is 40.3 Å². The lowest BCUT2D eigenvalue weighted by Crippen LogP contribution is -2.27. The second-order valence-corrected chi connectivity index (χ2v) is 5.75. The zero-order chi connectivity index (χ0) is 18.6. The zero-order valence-corrected chi connectivity index (χ0v) is 15.2. The van der Waals surface area contributed by atoms with Crippen molar-refractivity contribution < 1.29 is 19.1 Å². The van der Waals surface area contributed by atoms with E-state index >= 15 is 0 Å². The maximum Gasteiger partial charge on any atom is 0.355 e. The molecule has 1 aromatic rings. The van der Waals surface area contributed by atoms with E-state index in [0.29, 0.717) is 10.7 Å². The third-order valence-corrected chi connectivity index (χ3v) is 3.88. The summed E-state index contributed by atoms with van der Waals surface area (Å²) in [6.45, 7) is 0. The van der Waals surface area contributed by atoms with Crippen LogP contribution in [0.3, 0.4) is 0 Å². The fourth-order valence-electron chi connectivity index (χ4n) is 2.37. The van der Waals surface area contributed by atoms with Gasteiger partial charge in [-0.15, -0.1) is 0 Å². The van der Waals surface area contributed by atoms with Crippen molar-refractivity contribution in [2.75, 3.05) is 38.1 Å². The van der Waals surface area contributed by atoms with E-state index in [9.17, 15) is 9.59 Å². The van der Waals surface area contributed by atoms with E-state index in [-0.39, 0.29) is 11.3 Å². The Kier molecular flexibility index (Phi) is 5.88. The average Bonchev–Trinajstić information content (AvgIpc) is 2.82. The fraction of sp³-hybridized carbons (Fsp3) is 0.222. The number of esters is 2. The highest BCUT2D eigenvalue weighted by molar-refractivity contribution is 6.33. The molecule has 1 aromatic carbocycles. The van der Waals surface area contributed by atoms with Gasteiger partial charge in [0.05, 0.1) is 30.5 Å². The standard InChI is InChI=1S/C18H19ClN2O4/c1-20(2)15-9-8-12(11-14(15)19)21-10-6-5-7-13(17(22)24-3)16(21)18(23)25-4/h5-11H,1-4H3. The first-order valence-electron chi connectivity index (χ1n) is 7.42. The lowest BCUT2D eigenvalue weighted by atomic mass is 10.1. The number of carbonyl (C=O) groups excluding carboxylic acids is 2. The molecule has 0 atom stereocenters. The minimum Gasteiger partial charge on any atom is -0.465 e. The Bertz CT molecular complexity index is 781. The van der Waals surface area contributed by atoms with Crippen LogP contribution in [0, 0.1) is 0 Å². The van der Waals surface area contributed by atoms with Crippen LogP contribution in [-0.2, 0) is 19.1 Å². The Balaban J connectivity index is 2.62. The third-order valence-electron chi connectivity index (χ3n) is 3.58. The summed E-state index contributed by atoms with van der Waals surface area (Å²) in [5.41, 5.74) is 1.58. The van der Waals surface area contributed by atoms with Gasteiger partial charge < -0.3 is 19.3 Å². The highest BCUT2D eigenvalue weighted by Crippen LogP contribution is 2.32. The molecule has 0 amide bonds. The molecule has 0 saturated carbocycles. The minimum absolute atomic E-state index is 0.0491. The van der Waals surface area contributed by atoms with E-state index in [4.69, 9.17) is 21.1 Å². The van der Waals surface area contributed by atoms with Crippen LogP contribution >= 0.6 is 11.6 Å². The summed E-state index contributed by atoms with van der Waals surface area (Å²) in [5.74, 6) is -1.30. The van der Waals surface area contributed by atoms with Gasteiger partial charge in [0.1, 0.15) is 5.70 Å². The summed E-state index contributed by atoms with van der Waals surface area (Å²) in [6.07, 6.45) is 6.50. The summed E-state index contributed by atoms with van der Waals surface area (Å²) in [7, 11) is 6.27. The first kappa shape index (κ1) is 18.6. The Morgan fingerprint density at radius 3 is 2.32 bits per heavy atom. The Morgan fingerprint density at radius 1 is 1.08 bits per heavy atom. The molecule has 25 heavy (non-hydrogen) atoms. The molecule has 0 saturated heterocycles. The zero-order valence-electron chi connectivity index (χ0n) is 14.4. The average molecular weight is 363 g/mol. The second kappa shape index (κ2) is 7.90. The molecule has 2 rings (SSSR count). The summed E-state index contributed by atoms with van der Waals surface area (Å²) in [5, 5.41) is 0.511. The highest BCUT2D eigenvalue weighted by Gasteiger charge is 2.27. The number of hydrogen-bond acceptors (Lipinski definition) is 6. The molecule has 0 bridgehead atoms. The smallest absolute Gasteiger partial charge is 0.355 e. The number of carbonyl (C=O) groups is 2. The van der Waals surface area contributed by atoms with Gasteiger partial charge in [-0.2, -0.15) is 0 Å². The van der Waals surface area contributed by atoms with Crippen molar-refractivity contribution in [3.05, 3.63) is 58.9 Å². The van der Waals surface area contributed by atoms with Gasteiger partial charge in [-0.25, -0.2) is 9.59 Å². The minimum atomic E-state index is -0.663. The normalized spacial score (nSPS) is 13.6. The maximum atomic E-state index is 12.4. The molecule has 1 aliphatic rings. The molecule has 0 radical (unpaired) electrons. The number of allylic oxidation sites excluding steroid dienone is 2. The van der Waals surface area contributed by atoms with Crippen LogP contribution in [0.4, 0.5) is 11.4 Å². The SMILES string of the molecule is COC(=O)C1=C(C(=O)OC)N(c2ccc(N(C)C)c(Cl)c2)C=CC=C1. The van der Waals surface area contributed by atoms with Crippen LogP contribution in [0.2, 0.25) is 5.02 Å². The predicted molar refractivity (Wildman–Crippen MR) is 97.6 cm³/mol. The molecule has 132 valence electrons. The lowest BCUT2D eigenvalue weighted by molar-refractivity contribution is -0.139. The predicted octanol–water partition coefficient (Wildman–Crippen LogP) is 2.90. The van der Waals surface area contributed by atoms with Crippen LogP contribution in [0.5, 0.6) is 0 Å². The van der Waals surface area contributed by atoms with Crippen LogP contribution in [0.1, 0.15) is 0 Å². The molecule has 0 fully saturated rings. The second-order valence-electron chi connectivity index (χ2n) is 5.35. The first-order valence-corrected chi connectivity index (χ1v) is 7.80. The number of rotatable bonds is 4. The number of nitrogens with zero attached hydrogens (tertiary/aromatic N) is 2. The van der Waals surface area contributed by atoms with Gasteiger partial charge in [0.2, 0.25) is 0 Å². The number of methoxy groups -OCH3 is 2. The Hall–Kier alpha value is -2.73. The van der Waals surface area contributed by atoms with Crippen LogP contribution < -0.4 is 9.80 Å². The molecule has 0 aliphatic carbocycles. The highest BCUT2D eigenvalue weighted by atomic mass is 35.5. The van der Waals surface area contributed by atoms with Crippen LogP contribution in [0.25, 0.3) is 0 Å². The number of halogens is 1. The topological polar surface area (TPSA) is 59.1 Å². The number of hydrogen-bond donors (Lipinski definition) is 0. The molecule has 0 unspecified atom stereocenters. The molecule has 0 aromatic heterocycles. The molecule has 0 N–H and O–H groups in total. The summed E-state index contributed by atoms with van der Waals surface area (Å²) < 4.78 is 9.64. The van der Waals surface area contributed by atoms with Crippen molar-refractivity contribution in [3.63, 3.8) is 0 Å². The van der Waals surface area contributed by atoms with Gasteiger partial charge in [0, 0.05) is 26.0 Å². The summed E-state index contributed by atoms with van der Waals surface area (Å²) in [4.78, 5) is 27.9. The van der Waals surface area contributed by atoms with E-state index in [1.54, 1.807) is 35.4 Å². The Morgan fingerprint density at radius 2 is 1.76 bits per heavy atom. The van der Waals surface area contributed by atoms with Crippen molar-refractivity contribution in [1.82, 2.24) is 0 Å². The molecule has 0 spiro atoms. The monoisotopic (exact) mass is 362 g/mol. The molecule has 6 nitrogen and oxygen atoms in total. The number of anilines is 2. The molecule has 1 aliphatic heterocycles. The van der Waals surface area contributed by atoms with Gasteiger partial charge in [-0.3, -0.25) is 0 Å². The summed E-state index contributed by atoms with van der Waals surface area (Å²) in [6, 6.07) is 5.34. The van der Waals surface area contributed by atoms with Gasteiger partial charge in [-0.05, 0) is 30.4 Å². The van der Waals surface area contributed by atoms with Crippen molar-refractivity contribution in [2.24, 2.45) is 0 Å². The maximum absolute atomic E-state index is 12.4. The molecular weight excluding hydrogens is 344 g/mol. The molecular formula is C18H19ClN2O4. The lowest BCUT2D eigenvalue weighted by Gasteiger charge is -2.24. The van der Waals surface area contributed by atoms with Crippen molar-refractivity contribution in [3.8, 4) is 0 Å². The number of ether oxygens (including phenoxy) is 2. The van der Waals surface area contributed by atoms with Crippen molar-refractivity contribution in [1.29, 1.82) is 0 Å². The van der Waals surface area contributed by atoms with Crippen LogP contribution in [0.15, 0.2) is 53.9 Å². The summed E-state index contributed by atoms with van der Waals surface area (Å²) >= 11 is 6.34. The van der Waals surface area contributed by atoms with E-state index in [0.717, 1.165) is 5.69 Å². The van der Waals surface area contributed by atoms with E-state index in [1.807, 2.05) is 25.1 Å². The quantitative estimate of drug-likeness (QED) is 0.768. The molecule has 1 heterocycles. The fourth-order valence-corrected chi connectivity index (χ4v) is 2.72. The van der Waals surface area contributed by atoms with Crippen molar-refractivity contribution in [2.45, 2.75) is 0 Å². The largest absolute Gasteiger partial charge is 0.465 e. The number of benzene rings is 1. The Labute approximate surface area is 151 Å². The van der Waals surface area contributed by atoms with E-state index < -0.39 is 11.9 Å². The first-order chi connectivity index (χ1) is 11.9. The van der Waals surface area contributed by atoms with Gasteiger partial charge in [0.15, 0.2) is 0 Å². The van der Waals surface area contributed by atoms with Crippen molar-refractivity contribution >= 4 is 34.9 Å². The third kappa shape index (κ3) is 3.85. The van der Waals surface area contributed by atoms with Gasteiger partial charge in [0.25, 0.3) is 0 Å².